The highest BCUT2D eigenvalue weighted by atomic mass is 35.5. The number of halogens is 1. The maximum atomic E-state index is 12.2. The Morgan fingerprint density at radius 1 is 1.56 bits per heavy atom. The fraction of sp³-hybridized carbons (Fsp3) is 0.417. The zero-order valence-corrected chi connectivity index (χ0v) is 10.4. The van der Waals surface area contributed by atoms with E-state index in [9.17, 15) is 10.1 Å². The fourth-order valence-electron chi connectivity index (χ4n) is 1.81. The number of nitriles is 1. The minimum Gasteiger partial charge on any atom is -0.381 e. The van der Waals surface area contributed by atoms with E-state index in [-0.39, 0.29) is 11.7 Å². The first-order valence-corrected chi connectivity index (χ1v) is 5.97. The van der Waals surface area contributed by atoms with Crippen LogP contribution in [-0.2, 0) is 9.53 Å². The van der Waals surface area contributed by atoms with Crippen LogP contribution in [0, 0.1) is 16.7 Å². The van der Waals surface area contributed by atoms with E-state index in [1.165, 1.54) is 6.20 Å². The molecule has 2 heterocycles. The van der Waals surface area contributed by atoms with E-state index in [0.29, 0.717) is 31.1 Å². The number of carbonyl (C=O) groups excluding carboxylic acids is 1. The van der Waals surface area contributed by atoms with Crippen LogP contribution < -0.4 is 5.32 Å². The van der Waals surface area contributed by atoms with Crippen molar-refractivity contribution in [1.82, 2.24) is 4.98 Å². The summed E-state index contributed by atoms with van der Waals surface area (Å²) in [6.45, 7) is 0.827. The lowest BCUT2D eigenvalue weighted by molar-refractivity contribution is -0.126. The van der Waals surface area contributed by atoms with Crippen molar-refractivity contribution in [3.05, 3.63) is 23.4 Å². The maximum absolute atomic E-state index is 12.2. The Morgan fingerprint density at radius 2 is 2.28 bits per heavy atom. The van der Waals surface area contributed by atoms with Crippen molar-refractivity contribution in [2.75, 3.05) is 18.5 Å². The second-order valence-electron chi connectivity index (χ2n) is 4.09. The van der Waals surface area contributed by atoms with Crippen LogP contribution in [0.1, 0.15) is 12.8 Å². The Bertz CT molecular complexity index is 492. The third kappa shape index (κ3) is 2.45. The smallest absolute Gasteiger partial charge is 0.246 e. The van der Waals surface area contributed by atoms with Crippen LogP contribution >= 0.6 is 11.6 Å². The molecule has 1 aromatic rings. The zero-order valence-electron chi connectivity index (χ0n) is 9.65. The normalized spacial score (nSPS) is 17.8. The van der Waals surface area contributed by atoms with Gasteiger partial charge in [-0.1, -0.05) is 11.6 Å². The molecular formula is C12H12ClN3O2. The van der Waals surface area contributed by atoms with Gasteiger partial charge in [0.2, 0.25) is 5.91 Å². The lowest BCUT2D eigenvalue weighted by Gasteiger charge is -2.29. The van der Waals surface area contributed by atoms with Crippen molar-refractivity contribution in [2.45, 2.75) is 12.8 Å². The van der Waals surface area contributed by atoms with Gasteiger partial charge < -0.3 is 10.1 Å². The van der Waals surface area contributed by atoms with E-state index in [0.717, 1.165) is 0 Å². The highest BCUT2D eigenvalue weighted by molar-refractivity contribution is 6.33. The quantitative estimate of drug-likeness (QED) is 0.887. The lowest BCUT2D eigenvalue weighted by atomic mass is 9.81. The van der Waals surface area contributed by atoms with Gasteiger partial charge in [0.25, 0.3) is 0 Å². The summed E-state index contributed by atoms with van der Waals surface area (Å²) < 4.78 is 5.18. The number of carbonyl (C=O) groups is 1. The van der Waals surface area contributed by atoms with Gasteiger partial charge in [0, 0.05) is 19.4 Å². The third-order valence-electron chi connectivity index (χ3n) is 2.99. The molecule has 0 radical (unpaired) electrons. The number of nitrogens with one attached hydrogen (secondary N) is 1. The number of aromatic nitrogens is 1. The summed E-state index contributed by atoms with van der Waals surface area (Å²) in [6.07, 6.45) is 2.31. The summed E-state index contributed by atoms with van der Waals surface area (Å²) in [6, 6.07) is 5.40. The van der Waals surface area contributed by atoms with Crippen LogP contribution in [0.15, 0.2) is 18.3 Å². The Hall–Kier alpha value is -1.64. The lowest BCUT2D eigenvalue weighted by Crippen LogP contribution is -2.40. The first-order valence-electron chi connectivity index (χ1n) is 5.59. The van der Waals surface area contributed by atoms with Gasteiger partial charge >= 0.3 is 0 Å². The predicted octanol–water partition coefficient (Wildman–Crippen LogP) is 1.99. The molecule has 1 aromatic heterocycles. The predicted molar refractivity (Wildman–Crippen MR) is 66.0 cm³/mol. The van der Waals surface area contributed by atoms with Gasteiger partial charge in [-0.05, 0) is 25.0 Å². The second kappa shape index (κ2) is 5.34. The molecule has 0 bridgehead atoms. The molecule has 0 aliphatic carbocycles. The van der Waals surface area contributed by atoms with Crippen molar-refractivity contribution in [3.8, 4) is 6.07 Å². The number of anilines is 1. The summed E-state index contributed by atoms with van der Waals surface area (Å²) in [7, 11) is 0. The van der Waals surface area contributed by atoms with Crippen LogP contribution in [0.25, 0.3) is 0 Å². The molecule has 0 aromatic carbocycles. The zero-order chi connectivity index (χ0) is 13.0. The second-order valence-corrected chi connectivity index (χ2v) is 4.50. The van der Waals surface area contributed by atoms with Crippen LogP contribution in [0.5, 0.6) is 0 Å². The van der Waals surface area contributed by atoms with Gasteiger partial charge in [0.15, 0.2) is 5.82 Å². The molecule has 94 valence electrons. The number of rotatable bonds is 2. The number of ether oxygens (including phenoxy) is 1. The summed E-state index contributed by atoms with van der Waals surface area (Å²) in [5.41, 5.74) is -1.04. The largest absolute Gasteiger partial charge is 0.381 e. The van der Waals surface area contributed by atoms with E-state index < -0.39 is 5.41 Å². The van der Waals surface area contributed by atoms with Crippen LogP contribution in [-0.4, -0.2) is 24.1 Å². The van der Waals surface area contributed by atoms with Gasteiger partial charge in [-0.3, -0.25) is 4.79 Å². The molecule has 1 fully saturated rings. The molecule has 1 N–H and O–H groups in total. The van der Waals surface area contributed by atoms with E-state index >= 15 is 0 Å². The van der Waals surface area contributed by atoms with Crippen LogP contribution in [0.3, 0.4) is 0 Å². The van der Waals surface area contributed by atoms with E-state index in [1.54, 1.807) is 12.1 Å². The summed E-state index contributed by atoms with van der Waals surface area (Å²) in [4.78, 5) is 16.2. The molecule has 0 spiro atoms. The Balaban J connectivity index is 2.16. The van der Waals surface area contributed by atoms with Crippen molar-refractivity contribution in [1.29, 1.82) is 5.26 Å². The first kappa shape index (κ1) is 12.8. The molecule has 2 rings (SSSR count). The van der Waals surface area contributed by atoms with Gasteiger partial charge in [0.05, 0.1) is 11.1 Å². The maximum Gasteiger partial charge on any atom is 0.246 e. The minimum atomic E-state index is -1.04. The van der Waals surface area contributed by atoms with Gasteiger partial charge in [-0.2, -0.15) is 5.26 Å². The summed E-state index contributed by atoms with van der Waals surface area (Å²) in [5, 5.41) is 12.2. The molecule has 18 heavy (non-hydrogen) atoms. The average Bonchev–Trinajstić information content (AvgIpc) is 2.42. The van der Waals surface area contributed by atoms with Crippen LogP contribution in [0.2, 0.25) is 5.02 Å². The van der Waals surface area contributed by atoms with Gasteiger partial charge in [-0.15, -0.1) is 0 Å². The molecule has 0 unspecified atom stereocenters. The monoisotopic (exact) mass is 265 g/mol. The van der Waals surface area contributed by atoms with E-state index in [1.807, 2.05) is 0 Å². The van der Waals surface area contributed by atoms with Crippen molar-refractivity contribution >= 4 is 23.3 Å². The molecule has 1 aliphatic heterocycles. The molecule has 0 saturated carbocycles. The highest BCUT2D eigenvalue weighted by Crippen LogP contribution is 2.31. The summed E-state index contributed by atoms with van der Waals surface area (Å²) >= 11 is 5.91. The number of nitrogens with zero attached hydrogens (tertiary/aromatic N) is 2. The number of amides is 1. The molecule has 6 heteroatoms. The van der Waals surface area contributed by atoms with Crippen LogP contribution in [0.4, 0.5) is 5.82 Å². The van der Waals surface area contributed by atoms with Crippen molar-refractivity contribution < 1.29 is 9.53 Å². The SMILES string of the molecule is N#CC1(C(=O)Nc2ncccc2Cl)CCOCC1. The Kier molecular flexibility index (Phi) is 3.80. The number of hydrogen-bond donors (Lipinski definition) is 1. The number of hydrogen-bond acceptors (Lipinski definition) is 4. The Morgan fingerprint density at radius 3 is 2.89 bits per heavy atom. The van der Waals surface area contributed by atoms with Crippen molar-refractivity contribution in [3.63, 3.8) is 0 Å². The highest BCUT2D eigenvalue weighted by Gasteiger charge is 2.40. The summed E-state index contributed by atoms with van der Waals surface area (Å²) in [5.74, 6) is -0.0841. The standard InChI is InChI=1S/C12H12ClN3O2/c13-9-2-1-5-15-10(9)16-11(17)12(8-14)3-6-18-7-4-12/h1-2,5H,3-4,6-7H2,(H,15,16,17). The molecule has 1 saturated heterocycles. The third-order valence-corrected chi connectivity index (χ3v) is 3.29. The average molecular weight is 266 g/mol. The minimum absolute atomic E-state index is 0.283. The van der Waals surface area contributed by atoms with E-state index in [4.69, 9.17) is 16.3 Å². The number of pyridine rings is 1. The van der Waals surface area contributed by atoms with E-state index in [2.05, 4.69) is 16.4 Å². The molecule has 5 nitrogen and oxygen atoms in total. The first-order chi connectivity index (χ1) is 8.68. The molecule has 1 aliphatic rings. The Labute approximate surface area is 110 Å². The van der Waals surface area contributed by atoms with Gasteiger partial charge in [0.1, 0.15) is 5.41 Å². The van der Waals surface area contributed by atoms with Crippen molar-refractivity contribution in [2.24, 2.45) is 5.41 Å². The molecular weight excluding hydrogens is 254 g/mol. The topological polar surface area (TPSA) is 75.0 Å². The fourth-order valence-corrected chi connectivity index (χ4v) is 1.98. The van der Waals surface area contributed by atoms with Gasteiger partial charge in [-0.25, -0.2) is 4.98 Å². The molecule has 1 amide bonds. The molecule has 0 atom stereocenters.